The molecule has 0 radical (unpaired) electrons. The highest BCUT2D eigenvalue weighted by Crippen LogP contribution is 2.31. The number of imide groups is 2. The Morgan fingerprint density at radius 1 is 1.09 bits per heavy atom. The first kappa shape index (κ1) is 23.1. The van der Waals surface area contributed by atoms with Crippen molar-refractivity contribution in [2.45, 2.75) is 32.2 Å². The summed E-state index contributed by atoms with van der Waals surface area (Å²) in [6, 6.07) is 7.75. The van der Waals surface area contributed by atoms with E-state index in [1.165, 1.54) is 24.3 Å². The van der Waals surface area contributed by atoms with Crippen molar-refractivity contribution in [2.24, 2.45) is 0 Å². The topological polar surface area (TPSA) is 145 Å². The van der Waals surface area contributed by atoms with E-state index < -0.39 is 35.6 Å². The summed E-state index contributed by atoms with van der Waals surface area (Å²) in [6.07, 6.45) is 2.26. The number of carboxylic acids is 1. The van der Waals surface area contributed by atoms with Crippen molar-refractivity contribution in [3.63, 3.8) is 0 Å². The van der Waals surface area contributed by atoms with Crippen molar-refractivity contribution in [1.29, 1.82) is 0 Å². The third-order valence-corrected chi connectivity index (χ3v) is 5.82. The zero-order valence-electron chi connectivity index (χ0n) is 18.5. The van der Waals surface area contributed by atoms with Gasteiger partial charge in [0.05, 0.1) is 34.0 Å². The van der Waals surface area contributed by atoms with Crippen LogP contribution in [0.5, 0.6) is 0 Å². The summed E-state index contributed by atoms with van der Waals surface area (Å²) in [4.78, 5) is 63.6. The molecule has 10 nitrogen and oxygen atoms in total. The molecule has 2 aromatic rings. The molecule has 1 saturated heterocycles. The Kier molecular flexibility index (Phi) is 6.42. The Morgan fingerprint density at radius 2 is 1.85 bits per heavy atom. The molecule has 1 atom stereocenters. The van der Waals surface area contributed by atoms with Gasteiger partial charge in [0.25, 0.3) is 17.7 Å². The van der Waals surface area contributed by atoms with Gasteiger partial charge in [-0.15, -0.1) is 0 Å². The van der Waals surface area contributed by atoms with Crippen LogP contribution < -0.4 is 20.9 Å². The van der Waals surface area contributed by atoms with E-state index in [0.717, 1.165) is 23.8 Å². The number of hydrogen-bond donors (Lipinski definition) is 4. The van der Waals surface area contributed by atoms with Gasteiger partial charge in [0.1, 0.15) is 0 Å². The van der Waals surface area contributed by atoms with Gasteiger partial charge in [-0.25, -0.2) is 9.69 Å². The fourth-order valence-electron chi connectivity index (χ4n) is 4.06. The highest BCUT2D eigenvalue weighted by atomic mass is 16.4. The quantitative estimate of drug-likeness (QED) is 0.456. The standard InChI is InChI=1S/C24H24N4O6/c1-2-9-25-18-8-6-14(12-17(18)20(29)27-21(30)19-4-3-10-26-19)28-22(31)15-7-5-13(24(33)34)11-16(15)23(28)32/h5-8,11-12,19,25-26H,2-4,9-10H2,1H3,(H,33,34)(H,27,29,30). The van der Waals surface area contributed by atoms with Gasteiger partial charge < -0.3 is 15.7 Å². The van der Waals surface area contributed by atoms with Gasteiger partial charge >= 0.3 is 5.97 Å². The molecule has 4 rings (SSSR count). The molecule has 0 aromatic heterocycles. The van der Waals surface area contributed by atoms with E-state index in [-0.39, 0.29) is 27.9 Å². The molecule has 4 N–H and O–H groups in total. The molecule has 176 valence electrons. The number of carbonyl (C=O) groups excluding carboxylic acids is 4. The van der Waals surface area contributed by atoms with Gasteiger partial charge in [0.2, 0.25) is 5.91 Å². The molecule has 0 bridgehead atoms. The maximum Gasteiger partial charge on any atom is 0.335 e. The van der Waals surface area contributed by atoms with Gasteiger partial charge in [-0.2, -0.15) is 0 Å². The second-order valence-electron chi connectivity index (χ2n) is 8.14. The fourth-order valence-corrected chi connectivity index (χ4v) is 4.06. The summed E-state index contributed by atoms with van der Waals surface area (Å²) in [7, 11) is 0. The van der Waals surface area contributed by atoms with Gasteiger partial charge in [0, 0.05) is 12.2 Å². The number of carbonyl (C=O) groups is 5. The lowest BCUT2D eigenvalue weighted by Crippen LogP contribution is -2.43. The molecular formula is C24H24N4O6. The summed E-state index contributed by atoms with van der Waals surface area (Å²) in [5, 5.41) is 17.8. The molecule has 10 heteroatoms. The van der Waals surface area contributed by atoms with E-state index in [4.69, 9.17) is 0 Å². The minimum absolute atomic E-state index is 0.0217. The van der Waals surface area contributed by atoms with Gasteiger partial charge in [-0.1, -0.05) is 6.92 Å². The summed E-state index contributed by atoms with van der Waals surface area (Å²) < 4.78 is 0. The number of hydrogen-bond acceptors (Lipinski definition) is 7. The Balaban J connectivity index is 1.66. The van der Waals surface area contributed by atoms with Crippen LogP contribution >= 0.6 is 0 Å². The van der Waals surface area contributed by atoms with Gasteiger partial charge in [-0.3, -0.25) is 24.5 Å². The average molecular weight is 464 g/mol. The third kappa shape index (κ3) is 4.27. The van der Waals surface area contributed by atoms with E-state index in [1.807, 2.05) is 6.92 Å². The smallest absolute Gasteiger partial charge is 0.335 e. The number of nitrogens with one attached hydrogen (secondary N) is 3. The Morgan fingerprint density at radius 3 is 2.53 bits per heavy atom. The predicted octanol–water partition coefficient (Wildman–Crippen LogP) is 2.02. The number of amides is 4. The predicted molar refractivity (Wildman–Crippen MR) is 123 cm³/mol. The van der Waals surface area contributed by atoms with E-state index in [0.29, 0.717) is 25.2 Å². The lowest BCUT2D eigenvalue weighted by molar-refractivity contribution is -0.121. The van der Waals surface area contributed by atoms with Crippen LogP contribution in [0.15, 0.2) is 36.4 Å². The van der Waals surface area contributed by atoms with Crippen LogP contribution in [0.3, 0.4) is 0 Å². The van der Waals surface area contributed by atoms with Gasteiger partial charge in [-0.05, 0) is 62.2 Å². The summed E-state index contributed by atoms with van der Waals surface area (Å²) in [5.41, 5.74) is 0.657. The van der Waals surface area contributed by atoms with Gasteiger partial charge in [0.15, 0.2) is 0 Å². The molecule has 2 aliphatic rings. The van der Waals surface area contributed by atoms with Crippen LogP contribution in [-0.2, 0) is 4.79 Å². The summed E-state index contributed by atoms with van der Waals surface area (Å²) >= 11 is 0. The van der Waals surface area contributed by atoms with E-state index in [2.05, 4.69) is 16.0 Å². The van der Waals surface area contributed by atoms with Crippen LogP contribution in [0, 0.1) is 0 Å². The number of carboxylic acid groups (broad SMARTS) is 1. The monoisotopic (exact) mass is 464 g/mol. The second kappa shape index (κ2) is 9.44. The van der Waals surface area contributed by atoms with Crippen LogP contribution in [0.25, 0.3) is 0 Å². The molecule has 4 amide bonds. The number of rotatable bonds is 7. The molecule has 0 saturated carbocycles. The first-order valence-electron chi connectivity index (χ1n) is 11.0. The molecule has 0 aliphatic carbocycles. The second-order valence-corrected chi connectivity index (χ2v) is 8.14. The number of fused-ring (bicyclic) bond motifs is 1. The molecule has 1 unspecified atom stereocenters. The molecular weight excluding hydrogens is 440 g/mol. The fraction of sp³-hybridized carbons (Fsp3) is 0.292. The molecule has 1 fully saturated rings. The van der Waals surface area contributed by atoms with Crippen molar-refractivity contribution < 1.29 is 29.1 Å². The Labute approximate surface area is 195 Å². The zero-order valence-corrected chi connectivity index (χ0v) is 18.5. The molecule has 34 heavy (non-hydrogen) atoms. The number of benzene rings is 2. The van der Waals surface area contributed by atoms with Crippen molar-refractivity contribution in [2.75, 3.05) is 23.3 Å². The molecule has 2 aliphatic heterocycles. The first-order chi connectivity index (χ1) is 16.3. The average Bonchev–Trinajstić information content (AvgIpc) is 3.45. The third-order valence-electron chi connectivity index (χ3n) is 5.82. The van der Waals surface area contributed by atoms with Crippen molar-refractivity contribution in [1.82, 2.24) is 10.6 Å². The summed E-state index contributed by atoms with van der Waals surface area (Å²) in [6.45, 7) is 3.23. The molecule has 0 spiro atoms. The van der Waals surface area contributed by atoms with E-state index in [9.17, 15) is 29.1 Å². The van der Waals surface area contributed by atoms with Crippen LogP contribution in [-0.4, -0.2) is 53.8 Å². The van der Waals surface area contributed by atoms with E-state index in [1.54, 1.807) is 6.07 Å². The highest BCUT2D eigenvalue weighted by molar-refractivity contribution is 6.35. The van der Waals surface area contributed by atoms with Crippen LogP contribution in [0.4, 0.5) is 11.4 Å². The number of anilines is 2. The van der Waals surface area contributed by atoms with Crippen LogP contribution in [0.1, 0.15) is 67.6 Å². The number of nitrogens with zero attached hydrogens (tertiary/aromatic N) is 1. The summed E-state index contributed by atoms with van der Waals surface area (Å²) in [5.74, 6) is -3.60. The minimum Gasteiger partial charge on any atom is -0.478 e. The first-order valence-corrected chi connectivity index (χ1v) is 11.0. The molecule has 2 heterocycles. The Bertz CT molecular complexity index is 1200. The zero-order chi connectivity index (χ0) is 24.4. The minimum atomic E-state index is -1.21. The lowest BCUT2D eigenvalue weighted by Gasteiger charge is -2.18. The SMILES string of the molecule is CCCNc1ccc(N2C(=O)c3ccc(C(=O)O)cc3C2=O)cc1C(=O)NC(=O)C1CCCN1. The lowest BCUT2D eigenvalue weighted by atomic mass is 10.1. The van der Waals surface area contributed by atoms with E-state index >= 15 is 0 Å². The molecule has 2 aromatic carbocycles. The maximum atomic E-state index is 13.0. The normalized spacial score (nSPS) is 17.0. The Hall–Kier alpha value is -4.05. The number of aromatic carboxylic acids is 1. The van der Waals surface area contributed by atoms with Crippen LogP contribution in [0.2, 0.25) is 0 Å². The maximum absolute atomic E-state index is 13.0. The largest absolute Gasteiger partial charge is 0.478 e. The van der Waals surface area contributed by atoms with Crippen molar-refractivity contribution in [3.8, 4) is 0 Å². The highest BCUT2D eigenvalue weighted by Gasteiger charge is 2.37. The van der Waals surface area contributed by atoms with Crippen molar-refractivity contribution >= 4 is 41.0 Å². The van der Waals surface area contributed by atoms with Crippen molar-refractivity contribution in [3.05, 3.63) is 58.7 Å².